The Morgan fingerprint density at radius 3 is 2.75 bits per heavy atom. The molecule has 0 bridgehead atoms. The van der Waals surface area contributed by atoms with Gasteiger partial charge in [-0.1, -0.05) is 11.6 Å². The summed E-state index contributed by atoms with van der Waals surface area (Å²) in [5.74, 6) is -0.652. The number of benzene rings is 1. The average Bonchev–Trinajstić information content (AvgIpc) is 2.15. The number of nitrogens with zero attached hydrogens (tertiary/aromatic N) is 1. The Bertz CT molecular complexity index is 435. The molecule has 1 rings (SSSR count). The first-order chi connectivity index (χ1) is 7.42. The van der Waals surface area contributed by atoms with Gasteiger partial charge in [-0.05, 0) is 18.2 Å². The maximum absolute atomic E-state index is 12.5. The summed E-state index contributed by atoms with van der Waals surface area (Å²) in [6, 6.07) is 4.09. The summed E-state index contributed by atoms with van der Waals surface area (Å²) >= 11 is 7.94. The lowest BCUT2D eigenvalue weighted by molar-refractivity contribution is 0.381. The van der Waals surface area contributed by atoms with Crippen molar-refractivity contribution in [2.75, 3.05) is 5.94 Å². The first kappa shape index (κ1) is 13.4. The van der Waals surface area contributed by atoms with Gasteiger partial charge >= 0.3 is 0 Å². The molecule has 0 saturated carbocycles. The van der Waals surface area contributed by atoms with Crippen LogP contribution in [0.4, 0.5) is 13.5 Å². The Morgan fingerprint density at radius 1 is 1.56 bits per heavy atom. The van der Waals surface area contributed by atoms with Gasteiger partial charge < -0.3 is 4.74 Å². The summed E-state index contributed by atoms with van der Waals surface area (Å²) < 4.78 is 29.8. The number of aliphatic imine (C=N–C) groups is 1. The van der Waals surface area contributed by atoms with Crippen LogP contribution < -0.4 is 4.74 Å². The third-order valence-corrected chi connectivity index (χ3v) is 2.68. The lowest BCUT2D eigenvalue weighted by Gasteiger charge is -2.14. The van der Waals surface area contributed by atoms with Gasteiger partial charge in [0.05, 0.1) is 10.7 Å². The minimum absolute atomic E-state index is 0.104. The van der Waals surface area contributed by atoms with Crippen molar-refractivity contribution in [2.24, 2.45) is 4.99 Å². The van der Waals surface area contributed by atoms with Crippen LogP contribution in [0.2, 0.25) is 5.02 Å². The molecular weight excluding hydrogens is 328 g/mol. The quantitative estimate of drug-likeness (QED) is 0.600. The molecule has 0 atom stereocenters. The molecule has 0 aliphatic carbocycles. The zero-order valence-corrected chi connectivity index (χ0v) is 10.8. The molecule has 3 nitrogen and oxygen atoms in total. The van der Waals surface area contributed by atoms with E-state index in [-0.39, 0.29) is 16.5 Å². The van der Waals surface area contributed by atoms with E-state index in [4.69, 9.17) is 16.3 Å². The highest BCUT2D eigenvalue weighted by atomic mass is 79.9. The fraction of sp³-hybridized carbons (Fsp3) is 0.125. The number of carbonyl (C=O) groups excluding carboxylic acids is 1. The first-order valence-electron chi connectivity index (χ1n) is 3.82. The van der Waals surface area contributed by atoms with Gasteiger partial charge in [0, 0.05) is 14.8 Å². The van der Waals surface area contributed by atoms with Crippen LogP contribution in [0.25, 0.3) is 0 Å². The van der Waals surface area contributed by atoms with E-state index in [9.17, 15) is 12.6 Å². The molecule has 0 N–H and O–H groups in total. The standard InChI is InChI=1S/C8H5BrClF2NO2S/c9-16(11,12)5-15-8-2-1-6(13-4-14)3-7(8)10/h1-3H,5H2. The second-order valence-corrected chi connectivity index (χ2v) is 7.07. The smallest absolute Gasteiger partial charge is 0.240 e. The second kappa shape index (κ2) is 5.63. The van der Waals surface area contributed by atoms with Gasteiger partial charge in [0.2, 0.25) is 6.08 Å². The Labute approximate surface area is 105 Å². The van der Waals surface area contributed by atoms with Crippen LogP contribution >= 0.6 is 35.6 Å². The molecule has 0 aliphatic rings. The molecule has 0 unspecified atom stereocenters. The highest BCUT2D eigenvalue weighted by Gasteiger charge is 2.19. The van der Waals surface area contributed by atoms with Crippen LogP contribution in [0, 0.1) is 0 Å². The predicted octanol–water partition coefficient (Wildman–Crippen LogP) is 4.53. The first-order valence-corrected chi connectivity index (χ1v) is 7.65. The van der Waals surface area contributed by atoms with Gasteiger partial charge in [-0.25, -0.2) is 4.79 Å². The van der Waals surface area contributed by atoms with E-state index < -0.39 is 15.2 Å². The Morgan fingerprint density at radius 2 is 2.25 bits per heavy atom. The van der Waals surface area contributed by atoms with Gasteiger partial charge in [-0.15, -0.1) is 7.77 Å². The molecule has 0 amide bonds. The van der Waals surface area contributed by atoms with Gasteiger partial charge in [0.25, 0.3) is 0 Å². The van der Waals surface area contributed by atoms with Crippen molar-refractivity contribution in [3.05, 3.63) is 23.2 Å². The van der Waals surface area contributed by atoms with Crippen LogP contribution in [0.1, 0.15) is 0 Å². The number of ether oxygens (including phenoxy) is 1. The molecule has 0 saturated heterocycles. The summed E-state index contributed by atoms with van der Waals surface area (Å²) in [5.41, 5.74) is 0.283. The highest BCUT2D eigenvalue weighted by Crippen LogP contribution is 2.58. The van der Waals surface area contributed by atoms with E-state index in [1.54, 1.807) is 0 Å². The third kappa shape index (κ3) is 4.49. The van der Waals surface area contributed by atoms with Gasteiger partial charge in [0.15, 0.2) is 15.2 Å². The Kier molecular flexibility index (Phi) is 4.73. The SMILES string of the molecule is O=C=Nc1ccc(OCS(F)(F)Br)c(Cl)c1. The van der Waals surface area contributed by atoms with E-state index >= 15 is 0 Å². The summed E-state index contributed by atoms with van der Waals surface area (Å²) in [6.45, 7) is 0. The van der Waals surface area contributed by atoms with E-state index in [0.29, 0.717) is 0 Å². The molecule has 0 spiro atoms. The average molecular weight is 333 g/mol. The van der Waals surface area contributed by atoms with Gasteiger partial charge in [-0.3, -0.25) is 0 Å². The van der Waals surface area contributed by atoms with Crippen molar-refractivity contribution in [1.82, 2.24) is 0 Å². The van der Waals surface area contributed by atoms with Crippen LogP contribution in [0.3, 0.4) is 0 Å². The van der Waals surface area contributed by atoms with Crippen LogP contribution in [0.5, 0.6) is 5.75 Å². The summed E-state index contributed by atoms with van der Waals surface area (Å²) in [7, 11) is -3.91. The normalized spacial score (nSPS) is 11.8. The number of halogens is 4. The van der Waals surface area contributed by atoms with Gasteiger partial charge in [0.1, 0.15) is 5.75 Å². The molecule has 88 valence electrons. The largest absolute Gasteiger partial charge is 0.477 e. The van der Waals surface area contributed by atoms with Crippen molar-refractivity contribution in [3.8, 4) is 5.75 Å². The van der Waals surface area contributed by atoms with Crippen molar-refractivity contribution in [2.45, 2.75) is 0 Å². The third-order valence-electron chi connectivity index (χ3n) is 1.44. The molecule has 1 aromatic carbocycles. The monoisotopic (exact) mass is 331 g/mol. The fourth-order valence-corrected chi connectivity index (χ4v) is 1.63. The van der Waals surface area contributed by atoms with E-state index in [1.165, 1.54) is 24.3 Å². The number of hydrogen-bond donors (Lipinski definition) is 0. The lowest BCUT2D eigenvalue weighted by atomic mass is 10.3. The summed E-state index contributed by atoms with van der Waals surface area (Å²) in [5, 5.41) is 0.104. The Balaban J connectivity index is 2.79. The minimum Gasteiger partial charge on any atom is -0.477 e. The zero-order chi connectivity index (χ0) is 12.2. The minimum atomic E-state index is -3.91. The fourth-order valence-electron chi connectivity index (χ4n) is 0.859. The topological polar surface area (TPSA) is 38.7 Å². The van der Waals surface area contributed by atoms with Gasteiger partial charge in [-0.2, -0.15) is 4.99 Å². The lowest BCUT2D eigenvalue weighted by Crippen LogP contribution is -1.97. The molecule has 16 heavy (non-hydrogen) atoms. The molecule has 0 fully saturated rings. The van der Waals surface area contributed by atoms with Crippen molar-refractivity contribution in [3.63, 3.8) is 0 Å². The molecule has 0 aliphatic heterocycles. The molecule has 0 aromatic heterocycles. The zero-order valence-electron chi connectivity index (χ0n) is 7.62. The highest BCUT2D eigenvalue weighted by molar-refractivity contribution is 9.56. The van der Waals surface area contributed by atoms with E-state index in [2.05, 4.69) is 19.8 Å². The number of rotatable bonds is 4. The molecule has 8 heteroatoms. The van der Waals surface area contributed by atoms with E-state index in [1.807, 2.05) is 0 Å². The molecule has 0 radical (unpaired) electrons. The maximum Gasteiger partial charge on any atom is 0.240 e. The van der Waals surface area contributed by atoms with Crippen LogP contribution in [0.15, 0.2) is 23.2 Å². The number of hydrogen-bond acceptors (Lipinski definition) is 3. The van der Waals surface area contributed by atoms with Crippen LogP contribution in [-0.2, 0) is 4.79 Å². The Hall–Kier alpha value is -0.620. The maximum atomic E-state index is 12.5. The second-order valence-electron chi connectivity index (χ2n) is 2.58. The molecule has 0 heterocycles. The molecule has 1 aromatic rings. The molecular formula is C8H5BrClF2NO2S. The predicted molar refractivity (Wildman–Crippen MR) is 63.5 cm³/mol. The van der Waals surface area contributed by atoms with Crippen molar-refractivity contribution < 1.29 is 17.3 Å². The number of isocyanates is 1. The summed E-state index contributed by atoms with van der Waals surface area (Å²) in [6.07, 6.45) is 1.34. The van der Waals surface area contributed by atoms with E-state index in [0.717, 1.165) is 0 Å². The van der Waals surface area contributed by atoms with Crippen LogP contribution in [-0.4, -0.2) is 12.0 Å². The summed E-state index contributed by atoms with van der Waals surface area (Å²) in [4.78, 5) is 13.3. The van der Waals surface area contributed by atoms with Crippen molar-refractivity contribution >= 4 is 47.4 Å². The van der Waals surface area contributed by atoms with Crippen molar-refractivity contribution in [1.29, 1.82) is 0 Å².